The lowest BCUT2D eigenvalue weighted by Crippen LogP contribution is -2.37. The van der Waals surface area contributed by atoms with Crippen molar-refractivity contribution in [2.75, 3.05) is 33.0 Å². The Balaban J connectivity index is 0.927. The lowest BCUT2D eigenvalue weighted by atomic mass is 9.95. The fourth-order valence-electron chi connectivity index (χ4n) is 5.26. The molecule has 0 radical (unpaired) electrons. The van der Waals surface area contributed by atoms with E-state index in [1.807, 2.05) is 55.5 Å². The number of aliphatic hydroxyl groups excluding tert-OH is 1. The van der Waals surface area contributed by atoms with Crippen molar-refractivity contribution in [3.8, 4) is 23.0 Å². The lowest BCUT2D eigenvalue weighted by Gasteiger charge is -2.31. The van der Waals surface area contributed by atoms with Gasteiger partial charge in [0.05, 0.1) is 19.3 Å². The van der Waals surface area contributed by atoms with E-state index in [-0.39, 0.29) is 18.8 Å². The molecule has 2 heterocycles. The highest BCUT2D eigenvalue weighted by Crippen LogP contribution is 2.28. The maximum Gasteiger partial charge on any atom is 0.120 e. The molecule has 0 amide bonds. The van der Waals surface area contributed by atoms with Crippen LogP contribution in [0.5, 0.6) is 23.0 Å². The van der Waals surface area contributed by atoms with Crippen LogP contribution in [0.1, 0.15) is 48.9 Å². The highest BCUT2D eigenvalue weighted by molar-refractivity contribution is 5.35. The summed E-state index contributed by atoms with van der Waals surface area (Å²) in [6.45, 7) is 7.13. The van der Waals surface area contributed by atoms with Gasteiger partial charge in [-0.05, 0) is 97.0 Å². The van der Waals surface area contributed by atoms with Crippen LogP contribution in [0.2, 0.25) is 0 Å². The monoisotopic (exact) mass is 624 g/mol. The Hall–Kier alpha value is -4.04. The third kappa shape index (κ3) is 9.98. The van der Waals surface area contributed by atoms with E-state index in [4.69, 9.17) is 28.4 Å². The standard InChI is InChI=1S/C39H44O7/c1-3-39(2,46-36-18-10-31(11-19-36)21-30-8-16-35(17-9-30)43-25-38-27-45-38)22-32(40)23-41-33-12-4-28(5-13-33)20-29-6-14-34(15-7-29)42-24-37-26-44-37/h4-19,32,37-38,40H,3,20-27H2,1-2H3. The average molecular weight is 625 g/mol. The van der Waals surface area contributed by atoms with E-state index in [1.54, 1.807) is 0 Å². The zero-order valence-corrected chi connectivity index (χ0v) is 26.7. The summed E-state index contributed by atoms with van der Waals surface area (Å²) in [5.41, 5.74) is 4.29. The lowest BCUT2D eigenvalue weighted by molar-refractivity contribution is 0.00434. The maximum atomic E-state index is 10.9. The van der Waals surface area contributed by atoms with Crippen molar-refractivity contribution in [2.24, 2.45) is 0 Å². The molecule has 6 rings (SSSR count). The molecule has 0 spiro atoms. The van der Waals surface area contributed by atoms with Gasteiger partial charge in [0.2, 0.25) is 0 Å². The maximum absolute atomic E-state index is 10.9. The fourth-order valence-corrected chi connectivity index (χ4v) is 5.26. The van der Waals surface area contributed by atoms with Gasteiger partial charge in [-0.25, -0.2) is 0 Å². The summed E-state index contributed by atoms with van der Waals surface area (Å²) in [6.07, 6.45) is 2.70. The summed E-state index contributed by atoms with van der Waals surface area (Å²) >= 11 is 0. The molecule has 4 aromatic carbocycles. The van der Waals surface area contributed by atoms with Gasteiger partial charge in [-0.15, -0.1) is 0 Å². The Morgan fingerprint density at radius 2 is 1.00 bits per heavy atom. The Bertz CT molecular complexity index is 1490. The molecule has 2 saturated heterocycles. The minimum absolute atomic E-state index is 0.197. The predicted octanol–water partition coefficient (Wildman–Crippen LogP) is 6.80. The van der Waals surface area contributed by atoms with Gasteiger partial charge in [0, 0.05) is 6.42 Å². The molecule has 7 nitrogen and oxygen atoms in total. The third-order valence-corrected chi connectivity index (χ3v) is 8.41. The van der Waals surface area contributed by atoms with Crippen LogP contribution in [-0.4, -0.2) is 62.1 Å². The smallest absolute Gasteiger partial charge is 0.120 e. The normalized spacial score (nSPS) is 18.7. The molecule has 0 aromatic heterocycles. The number of hydrogen-bond acceptors (Lipinski definition) is 7. The Morgan fingerprint density at radius 3 is 1.37 bits per heavy atom. The number of epoxide rings is 2. The summed E-state index contributed by atoms with van der Waals surface area (Å²) in [5.74, 6) is 3.26. The zero-order valence-electron chi connectivity index (χ0n) is 26.7. The molecule has 242 valence electrons. The number of aliphatic hydroxyl groups is 1. The first kappa shape index (κ1) is 31.9. The number of rotatable bonds is 18. The first-order valence-electron chi connectivity index (χ1n) is 16.3. The minimum atomic E-state index is -0.667. The van der Waals surface area contributed by atoms with Crippen molar-refractivity contribution in [3.05, 3.63) is 119 Å². The van der Waals surface area contributed by atoms with E-state index in [2.05, 4.69) is 55.5 Å². The third-order valence-electron chi connectivity index (χ3n) is 8.41. The molecule has 1 N–H and O–H groups in total. The molecule has 4 aromatic rings. The Kier molecular flexibility index (Phi) is 10.4. The molecule has 4 atom stereocenters. The van der Waals surface area contributed by atoms with E-state index in [1.165, 1.54) is 22.3 Å². The summed E-state index contributed by atoms with van der Waals surface area (Å²) in [4.78, 5) is 0. The fraction of sp³-hybridized carbons (Fsp3) is 0.385. The second-order valence-corrected chi connectivity index (χ2v) is 12.5. The first-order chi connectivity index (χ1) is 22.4. The van der Waals surface area contributed by atoms with Crippen LogP contribution in [0.3, 0.4) is 0 Å². The first-order valence-corrected chi connectivity index (χ1v) is 16.3. The van der Waals surface area contributed by atoms with E-state index in [9.17, 15) is 5.11 Å². The van der Waals surface area contributed by atoms with Gasteiger partial charge in [-0.2, -0.15) is 0 Å². The Labute approximate surface area is 272 Å². The molecular formula is C39H44O7. The van der Waals surface area contributed by atoms with Crippen LogP contribution < -0.4 is 18.9 Å². The molecule has 2 fully saturated rings. The van der Waals surface area contributed by atoms with Gasteiger partial charge in [0.1, 0.15) is 60.6 Å². The van der Waals surface area contributed by atoms with Gasteiger partial charge >= 0.3 is 0 Å². The topological polar surface area (TPSA) is 82.2 Å². The van der Waals surface area contributed by atoms with E-state index in [0.29, 0.717) is 19.6 Å². The second-order valence-electron chi connectivity index (χ2n) is 12.5. The SMILES string of the molecule is CCC(C)(CC(O)COc1ccc(Cc2ccc(OCC3CO3)cc2)cc1)Oc1ccc(Cc2ccc(OCC3CO3)cc2)cc1. The van der Waals surface area contributed by atoms with Crippen molar-refractivity contribution in [3.63, 3.8) is 0 Å². The summed E-state index contributed by atoms with van der Waals surface area (Å²) in [7, 11) is 0. The van der Waals surface area contributed by atoms with Crippen LogP contribution in [0.15, 0.2) is 97.1 Å². The summed E-state index contributed by atoms with van der Waals surface area (Å²) in [5, 5.41) is 10.9. The number of hydrogen-bond donors (Lipinski definition) is 1. The summed E-state index contributed by atoms with van der Waals surface area (Å²) in [6, 6.07) is 32.7. The van der Waals surface area contributed by atoms with Crippen LogP contribution in [-0.2, 0) is 22.3 Å². The van der Waals surface area contributed by atoms with E-state index >= 15 is 0 Å². The van der Waals surface area contributed by atoms with Crippen molar-refractivity contribution >= 4 is 0 Å². The van der Waals surface area contributed by atoms with Crippen LogP contribution in [0, 0.1) is 0 Å². The molecule has 0 aliphatic carbocycles. The second kappa shape index (κ2) is 15.0. The largest absolute Gasteiger partial charge is 0.491 e. The molecule has 0 bridgehead atoms. The Morgan fingerprint density at radius 1 is 0.630 bits per heavy atom. The quantitative estimate of drug-likeness (QED) is 0.122. The molecule has 0 saturated carbocycles. The average Bonchev–Trinajstić information content (AvgIpc) is 4.01. The molecule has 46 heavy (non-hydrogen) atoms. The van der Waals surface area contributed by atoms with Gasteiger partial charge in [0.15, 0.2) is 0 Å². The molecule has 2 aliphatic heterocycles. The number of ether oxygens (including phenoxy) is 6. The zero-order chi connectivity index (χ0) is 31.8. The number of benzene rings is 4. The molecule has 7 heteroatoms. The molecule has 2 aliphatic rings. The summed E-state index contributed by atoms with van der Waals surface area (Å²) < 4.78 is 34.2. The highest BCUT2D eigenvalue weighted by Gasteiger charge is 2.28. The van der Waals surface area contributed by atoms with Crippen molar-refractivity contribution in [1.82, 2.24) is 0 Å². The van der Waals surface area contributed by atoms with Crippen LogP contribution in [0.4, 0.5) is 0 Å². The van der Waals surface area contributed by atoms with E-state index in [0.717, 1.165) is 55.5 Å². The van der Waals surface area contributed by atoms with E-state index < -0.39 is 11.7 Å². The van der Waals surface area contributed by atoms with Crippen LogP contribution in [0.25, 0.3) is 0 Å². The predicted molar refractivity (Wildman–Crippen MR) is 177 cm³/mol. The van der Waals surface area contributed by atoms with Crippen LogP contribution >= 0.6 is 0 Å². The van der Waals surface area contributed by atoms with Gasteiger partial charge in [0.25, 0.3) is 0 Å². The van der Waals surface area contributed by atoms with Gasteiger partial charge in [-0.3, -0.25) is 0 Å². The minimum Gasteiger partial charge on any atom is -0.491 e. The molecular weight excluding hydrogens is 580 g/mol. The van der Waals surface area contributed by atoms with Crippen molar-refractivity contribution < 1.29 is 33.5 Å². The highest BCUT2D eigenvalue weighted by atomic mass is 16.6. The van der Waals surface area contributed by atoms with Crippen molar-refractivity contribution in [2.45, 2.75) is 63.4 Å². The van der Waals surface area contributed by atoms with Crippen molar-refractivity contribution in [1.29, 1.82) is 0 Å². The molecule has 4 unspecified atom stereocenters. The van der Waals surface area contributed by atoms with Gasteiger partial charge in [-0.1, -0.05) is 55.5 Å². The van der Waals surface area contributed by atoms with Gasteiger partial charge < -0.3 is 33.5 Å².